The van der Waals surface area contributed by atoms with Crippen LogP contribution in [-0.2, 0) is 0 Å². The number of aromatic nitrogens is 8. The molecule has 8 heteroatoms. The van der Waals surface area contributed by atoms with E-state index in [0.29, 0.717) is 0 Å². The molecule has 30 aromatic rings. The van der Waals surface area contributed by atoms with Crippen molar-refractivity contribution in [3.63, 3.8) is 0 Å². The third-order valence-electron chi connectivity index (χ3n) is 27.2. The highest BCUT2D eigenvalue weighted by molar-refractivity contribution is 6.40. The van der Waals surface area contributed by atoms with E-state index in [1.807, 2.05) is 0 Å². The van der Waals surface area contributed by atoms with Crippen LogP contribution in [0, 0.1) is 0 Å². The zero-order valence-electron chi connectivity index (χ0n) is 62.1. The van der Waals surface area contributed by atoms with Gasteiger partial charge < -0.3 is 35.9 Å². The lowest BCUT2D eigenvalue weighted by atomic mass is 10.0. The maximum atomic E-state index is 2.59. The Morgan fingerprint density at radius 1 is 0.121 bits per heavy atom. The number of rotatable bonds is 5. The van der Waals surface area contributed by atoms with Crippen molar-refractivity contribution < 1.29 is 0 Å². The van der Waals surface area contributed by atoms with Gasteiger partial charge in [-0.05, 0) is 157 Å². The number of nitrogens with zero attached hydrogens (tertiary/aromatic N) is 8. The van der Waals surface area contributed by atoms with Gasteiger partial charge in [0.15, 0.2) is 0 Å². The molecule has 530 valence electrons. The number of hydrogen-bond donors (Lipinski definition) is 0. The van der Waals surface area contributed by atoms with Crippen LogP contribution in [0.3, 0.4) is 0 Å². The molecule has 12 heterocycles. The quantitative estimate of drug-likeness (QED) is 0.165. The number of benzene rings is 18. The lowest BCUT2D eigenvalue weighted by Gasteiger charge is -2.13. The highest BCUT2D eigenvalue weighted by Gasteiger charge is 2.31. The van der Waals surface area contributed by atoms with Gasteiger partial charge in [-0.2, -0.15) is 0 Å². The molecule has 30 rings (SSSR count). The fourth-order valence-electron chi connectivity index (χ4n) is 22.8. The monoisotopic (exact) mass is 1470 g/mol. The zero-order valence-corrected chi connectivity index (χ0v) is 62.1. The molecule has 0 radical (unpaired) electrons. The van der Waals surface area contributed by atoms with Crippen molar-refractivity contribution in [1.29, 1.82) is 0 Å². The third-order valence-corrected chi connectivity index (χ3v) is 27.2. The number of hydrogen-bond acceptors (Lipinski definition) is 0. The zero-order chi connectivity index (χ0) is 74.5. The van der Waals surface area contributed by atoms with Crippen molar-refractivity contribution in [3.05, 3.63) is 352 Å². The van der Waals surface area contributed by atoms with Crippen LogP contribution in [0.5, 0.6) is 0 Å². The van der Waals surface area contributed by atoms with Gasteiger partial charge in [0.1, 0.15) is 0 Å². The van der Waals surface area contributed by atoms with E-state index in [-0.39, 0.29) is 0 Å². The normalized spacial score (nSPS) is 13.0. The van der Waals surface area contributed by atoms with Gasteiger partial charge in [-0.15, -0.1) is 0 Å². The minimum absolute atomic E-state index is 1.11. The molecular weight excluding hydrogens is 1410 g/mol. The van der Waals surface area contributed by atoms with Crippen molar-refractivity contribution in [2.24, 2.45) is 0 Å². The Labute approximate surface area is 656 Å². The molecule has 0 unspecified atom stereocenters. The summed E-state index contributed by atoms with van der Waals surface area (Å²) in [6, 6.07) is 133. The Morgan fingerprint density at radius 3 is 0.793 bits per heavy atom. The van der Waals surface area contributed by atoms with Crippen molar-refractivity contribution in [2.45, 2.75) is 0 Å². The standard InChI is InChI=1S/C108H58N8/c1-3-25-61(26-4-1)109-85-41-13-7-31-65(85)75-49-77-67-37-21-39-69-79-52-92-80(51-91(79)115(105(67)69)97(77)57-95(75)109)70-40-22-38-68-78-50-76-66-32-8-14-42-86(66)111(96(76)58-98(78)116(92)106(68)70)63-29-19-23-59(47-63)60-24-20-30-64(48-60)112-88-44-16-10-34-72(88)102-100(112)56-84-82-54-93-81(53-94(82)114-90-46-18-12-36-74(90)104(102)108(84)114)83-55-99-101(103-73-35-11-17-45-89(73)113(93)107(83)103)71-33-9-15-43-87(71)110(99)62-27-5-2-6-28-62/h1-58H. The SMILES string of the molecule is c1ccc(-n2c3ccccc3c3cc4c5cccc6c7cc8c(cc7n(c4cc32)c65)c2cccc3c4cc5c6ccccc6n(-c6cccc(-c7cccc(-n9c%10ccccc%10c%10c%11c%12ccccc%12n%12c%13cc%14c%15cc%16c(c%17ccccc%17n%16-c%16ccccc%16)c%16c%17ccccc%17n(c%14cc%13c(cc%109)c%11%12)c%15%16)c7)c6)c5cc4n8c23)cc1. The van der Waals surface area contributed by atoms with E-state index in [9.17, 15) is 0 Å². The molecule has 0 N–H and O–H groups in total. The minimum Gasteiger partial charge on any atom is -0.309 e. The van der Waals surface area contributed by atoms with Gasteiger partial charge in [-0.3, -0.25) is 0 Å². The van der Waals surface area contributed by atoms with E-state index in [4.69, 9.17) is 0 Å². The second-order valence-corrected chi connectivity index (χ2v) is 32.6. The van der Waals surface area contributed by atoms with E-state index in [2.05, 4.69) is 388 Å². The van der Waals surface area contributed by atoms with Gasteiger partial charge in [-0.1, -0.05) is 206 Å². The highest BCUT2D eigenvalue weighted by atomic mass is 15.0. The van der Waals surface area contributed by atoms with Gasteiger partial charge in [0.2, 0.25) is 0 Å². The summed E-state index contributed by atoms with van der Waals surface area (Å²) in [5.41, 5.74) is 31.2. The Morgan fingerprint density at radius 2 is 0.379 bits per heavy atom. The summed E-state index contributed by atoms with van der Waals surface area (Å²) in [7, 11) is 0. The fraction of sp³-hybridized carbons (Fsp3) is 0. The second kappa shape index (κ2) is 20.5. The molecule has 0 aliphatic heterocycles. The highest BCUT2D eigenvalue weighted by Crippen LogP contribution is 2.54. The maximum absolute atomic E-state index is 2.59. The fourth-order valence-corrected chi connectivity index (χ4v) is 22.8. The largest absolute Gasteiger partial charge is 0.309 e. The molecule has 0 aliphatic rings. The molecule has 0 fully saturated rings. The first-order chi connectivity index (χ1) is 57.6. The topological polar surface area (TPSA) is 37.4 Å². The Bertz CT molecular complexity index is 9730. The first kappa shape index (κ1) is 59.2. The molecule has 0 bridgehead atoms. The van der Waals surface area contributed by atoms with Crippen LogP contribution in [0.25, 0.3) is 273 Å². The lowest BCUT2D eigenvalue weighted by molar-refractivity contribution is 1.18. The minimum atomic E-state index is 1.11. The molecule has 116 heavy (non-hydrogen) atoms. The summed E-state index contributed by atoms with van der Waals surface area (Å²) in [5.74, 6) is 0. The van der Waals surface area contributed by atoms with Crippen LogP contribution in [0.1, 0.15) is 0 Å². The lowest BCUT2D eigenvalue weighted by Crippen LogP contribution is -1.96. The average Bonchev–Trinajstić information content (AvgIpc) is 1.50. The Hall–Kier alpha value is -15.6. The van der Waals surface area contributed by atoms with Gasteiger partial charge >= 0.3 is 0 Å². The van der Waals surface area contributed by atoms with E-state index < -0.39 is 0 Å². The first-order valence-corrected chi connectivity index (χ1v) is 40.3. The van der Waals surface area contributed by atoms with E-state index in [1.54, 1.807) is 0 Å². The average molecular weight is 1470 g/mol. The third kappa shape index (κ3) is 6.95. The maximum Gasteiger partial charge on any atom is 0.0628 e. The summed E-state index contributed by atoms with van der Waals surface area (Å²) in [4.78, 5) is 0. The van der Waals surface area contributed by atoms with Crippen molar-refractivity contribution >= 4 is 240 Å². The molecule has 0 amide bonds. The molecule has 0 aliphatic carbocycles. The van der Waals surface area contributed by atoms with Crippen molar-refractivity contribution in [2.75, 3.05) is 0 Å². The molecule has 0 spiro atoms. The number of para-hydroxylation sites is 10. The second-order valence-electron chi connectivity index (χ2n) is 32.6. The predicted molar refractivity (Wildman–Crippen MR) is 488 cm³/mol. The molecule has 0 saturated heterocycles. The molecule has 0 saturated carbocycles. The molecule has 0 atom stereocenters. The summed E-state index contributed by atoms with van der Waals surface area (Å²) < 4.78 is 20.3. The van der Waals surface area contributed by atoms with Gasteiger partial charge in [0, 0.05) is 152 Å². The van der Waals surface area contributed by atoms with E-state index >= 15 is 0 Å². The van der Waals surface area contributed by atoms with Crippen LogP contribution >= 0.6 is 0 Å². The predicted octanol–water partition coefficient (Wildman–Crippen LogP) is 28.3. The van der Waals surface area contributed by atoms with Crippen molar-refractivity contribution in [3.8, 4) is 33.9 Å². The van der Waals surface area contributed by atoms with Gasteiger partial charge in [-0.25, -0.2) is 0 Å². The van der Waals surface area contributed by atoms with Gasteiger partial charge in [0.25, 0.3) is 0 Å². The van der Waals surface area contributed by atoms with Crippen LogP contribution in [0.15, 0.2) is 352 Å². The van der Waals surface area contributed by atoms with Gasteiger partial charge in [0.05, 0.1) is 110 Å². The van der Waals surface area contributed by atoms with E-state index in [0.717, 1.165) is 33.9 Å². The molecule has 18 aromatic carbocycles. The van der Waals surface area contributed by atoms with Crippen LogP contribution in [0.2, 0.25) is 0 Å². The summed E-state index contributed by atoms with van der Waals surface area (Å²) >= 11 is 0. The summed E-state index contributed by atoms with van der Waals surface area (Å²) in [6.07, 6.45) is 0. The Kier molecular flexibility index (Phi) is 10.5. The smallest absolute Gasteiger partial charge is 0.0628 e. The van der Waals surface area contributed by atoms with Crippen LogP contribution < -0.4 is 0 Å². The summed E-state index contributed by atoms with van der Waals surface area (Å²) in [5, 5.41) is 30.4. The Balaban J connectivity index is 0.605. The van der Waals surface area contributed by atoms with Crippen LogP contribution in [-0.4, -0.2) is 35.9 Å². The summed E-state index contributed by atoms with van der Waals surface area (Å²) in [6.45, 7) is 0. The van der Waals surface area contributed by atoms with Crippen molar-refractivity contribution in [1.82, 2.24) is 35.9 Å². The van der Waals surface area contributed by atoms with E-state index in [1.165, 1.54) is 240 Å². The molecule has 8 nitrogen and oxygen atoms in total. The molecule has 12 aromatic heterocycles. The molecular formula is C108H58N8. The first-order valence-electron chi connectivity index (χ1n) is 40.3. The number of fused-ring (bicyclic) bond motifs is 38. The van der Waals surface area contributed by atoms with Crippen LogP contribution in [0.4, 0.5) is 0 Å².